The van der Waals surface area contributed by atoms with Crippen LogP contribution in [0.4, 0.5) is 4.39 Å². The van der Waals surface area contributed by atoms with Crippen LogP contribution in [0.25, 0.3) is 0 Å². The van der Waals surface area contributed by atoms with E-state index in [2.05, 4.69) is 12.0 Å². The Morgan fingerprint density at radius 3 is 2.57 bits per heavy atom. The first kappa shape index (κ1) is 20.0. The molecule has 6 nitrogen and oxygen atoms in total. The van der Waals surface area contributed by atoms with Gasteiger partial charge in [-0.1, -0.05) is 25.5 Å². The number of aryl methyl sites for hydroxylation is 1. The minimum atomic E-state index is -0.494. The van der Waals surface area contributed by atoms with E-state index in [1.165, 1.54) is 12.1 Å². The summed E-state index contributed by atoms with van der Waals surface area (Å²) in [5, 5.41) is 4.49. The number of rotatable bonds is 6. The summed E-state index contributed by atoms with van der Waals surface area (Å²) in [6, 6.07) is 7.97. The monoisotopic (exact) mass is 387 g/mol. The second-order valence-electron chi connectivity index (χ2n) is 6.94. The van der Waals surface area contributed by atoms with Crippen molar-refractivity contribution in [1.82, 2.24) is 14.7 Å². The van der Waals surface area contributed by atoms with E-state index in [1.807, 2.05) is 4.68 Å². The van der Waals surface area contributed by atoms with Crippen LogP contribution in [0.5, 0.6) is 0 Å². The zero-order valence-electron chi connectivity index (χ0n) is 16.4. The summed E-state index contributed by atoms with van der Waals surface area (Å²) in [6.45, 7) is 5.21. The molecule has 1 aromatic heterocycles. The fraction of sp³-hybridized carbons (Fsp3) is 0.476. The Morgan fingerprint density at radius 2 is 1.93 bits per heavy atom. The van der Waals surface area contributed by atoms with E-state index in [0.717, 1.165) is 18.5 Å². The third kappa shape index (κ3) is 4.24. The van der Waals surface area contributed by atoms with E-state index < -0.39 is 11.8 Å². The summed E-state index contributed by atoms with van der Waals surface area (Å²) in [4.78, 5) is 26.3. The maximum absolute atomic E-state index is 13.9. The van der Waals surface area contributed by atoms with Crippen molar-refractivity contribution in [2.45, 2.75) is 45.6 Å². The van der Waals surface area contributed by atoms with Crippen LogP contribution in [-0.2, 0) is 11.2 Å². The van der Waals surface area contributed by atoms with Gasteiger partial charge in [0, 0.05) is 18.8 Å². The average Bonchev–Trinajstić information content (AvgIpc) is 3.13. The second kappa shape index (κ2) is 8.99. The summed E-state index contributed by atoms with van der Waals surface area (Å²) in [5.41, 5.74) is 1.44. The van der Waals surface area contributed by atoms with Crippen LogP contribution in [0, 0.1) is 5.82 Å². The molecule has 0 spiro atoms. The van der Waals surface area contributed by atoms with Gasteiger partial charge in [0.05, 0.1) is 18.2 Å². The number of aromatic nitrogens is 2. The Bertz CT molecular complexity index is 841. The number of nitrogens with zero attached hydrogens (tertiary/aromatic N) is 3. The van der Waals surface area contributed by atoms with Crippen LogP contribution >= 0.6 is 0 Å². The van der Waals surface area contributed by atoms with Crippen LogP contribution in [0.1, 0.15) is 65.7 Å². The number of hydrogen-bond donors (Lipinski definition) is 0. The normalized spacial score (nSPS) is 14.9. The van der Waals surface area contributed by atoms with Gasteiger partial charge in [-0.25, -0.2) is 9.18 Å². The molecule has 0 atom stereocenters. The molecule has 7 heteroatoms. The van der Waals surface area contributed by atoms with Crippen LogP contribution in [-0.4, -0.2) is 46.3 Å². The fourth-order valence-corrected chi connectivity index (χ4v) is 3.62. The first-order chi connectivity index (χ1) is 13.5. The summed E-state index contributed by atoms with van der Waals surface area (Å²) in [6.07, 6.45) is 3.18. The number of piperidine rings is 1. The van der Waals surface area contributed by atoms with Gasteiger partial charge in [0.1, 0.15) is 5.82 Å². The maximum Gasteiger partial charge on any atom is 0.358 e. The van der Waals surface area contributed by atoms with E-state index in [4.69, 9.17) is 4.74 Å². The molecule has 0 unspecified atom stereocenters. The van der Waals surface area contributed by atoms with Gasteiger partial charge in [-0.05, 0) is 44.4 Å². The Hall–Kier alpha value is -2.70. The van der Waals surface area contributed by atoms with Crippen molar-refractivity contribution in [3.05, 3.63) is 53.1 Å². The standard InChI is InChI=1S/C21H26FN3O3/c1-3-7-16-14-19(21(27)28-4-2)23-25(16)15-10-12-24(13-11-15)20(26)17-8-5-6-9-18(17)22/h5-6,8-9,14-15H,3-4,7,10-13H2,1-2H3. The lowest BCUT2D eigenvalue weighted by Crippen LogP contribution is -2.39. The molecular formula is C21H26FN3O3. The molecule has 1 aliphatic heterocycles. The number of benzene rings is 1. The number of likely N-dealkylation sites (tertiary alicyclic amines) is 1. The SMILES string of the molecule is CCCc1cc(C(=O)OCC)nn1C1CCN(C(=O)c2ccccc2F)CC1. The minimum Gasteiger partial charge on any atom is -0.461 e. The van der Waals surface area contributed by atoms with Gasteiger partial charge in [-0.2, -0.15) is 5.10 Å². The first-order valence-electron chi connectivity index (χ1n) is 9.84. The lowest BCUT2D eigenvalue weighted by molar-refractivity contribution is 0.0517. The average molecular weight is 387 g/mol. The molecule has 0 radical (unpaired) electrons. The molecule has 0 N–H and O–H groups in total. The molecule has 0 bridgehead atoms. The van der Waals surface area contributed by atoms with E-state index in [1.54, 1.807) is 30.0 Å². The van der Waals surface area contributed by atoms with E-state index >= 15 is 0 Å². The molecule has 28 heavy (non-hydrogen) atoms. The predicted molar refractivity (Wildman–Crippen MR) is 103 cm³/mol. The molecule has 2 aromatic rings. The highest BCUT2D eigenvalue weighted by molar-refractivity contribution is 5.94. The van der Waals surface area contributed by atoms with E-state index in [0.29, 0.717) is 38.2 Å². The van der Waals surface area contributed by atoms with Gasteiger partial charge < -0.3 is 9.64 Å². The van der Waals surface area contributed by atoms with E-state index in [-0.39, 0.29) is 17.5 Å². The topological polar surface area (TPSA) is 64.4 Å². The molecule has 0 aliphatic carbocycles. The summed E-state index contributed by atoms with van der Waals surface area (Å²) in [5.74, 6) is -1.19. The number of carbonyl (C=O) groups is 2. The molecule has 3 rings (SSSR count). The molecule has 1 fully saturated rings. The molecule has 0 saturated carbocycles. The van der Waals surface area contributed by atoms with Crippen molar-refractivity contribution in [2.75, 3.05) is 19.7 Å². The summed E-state index contributed by atoms with van der Waals surface area (Å²) >= 11 is 0. The largest absolute Gasteiger partial charge is 0.461 e. The highest BCUT2D eigenvalue weighted by atomic mass is 19.1. The van der Waals surface area contributed by atoms with Crippen molar-refractivity contribution in [3.8, 4) is 0 Å². The zero-order valence-corrected chi connectivity index (χ0v) is 16.4. The minimum absolute atomic E-state index is 0.106. The fourth-order valence-electron chi connectivity index (χ4n) is 3.62. The Morgan fingerprint density at radius 1 is 1.21 bits per heavy atom. The Balaban J connectivity index is 1.71. The Labute approximate surface area is 164 Å². The Kier molecular flexibility index (Phi) is 6.44. The van der Waals surface area contributed by atoms with Crippen LogP contribution < -0.4 is 0 Å². The molecule has 1 aliphatic rings. The van der Waals surface area contributed by atoms with Gasteiger partial charge in [0.2, 0.25) is 0 Å². The quantitative estimate of drug-likeness (QED) is 0.710. The highest BCUT2D eigenvalue weighted by Crippen LogP contribution is 2.26. The molecule has 150 valence electrons. The van der Waals surface area contributed by atoms with Gasteiger partial charge in [0.15, 0.2) is 5.69 Å². The number of ether oxygens (including phenoxy) is 1. The van der Waals surface area contributed by atoms with Crippen molar-refractivity contribution in [2.24, 2.45) is 0 Å². The third-order valence-electron chi connectivity index (χ3n) is 5.01. The smallest absolute Gasteiger partial charge is 0.358 e. The number of halogens is 1. The molecule has 1 aromatic carbocycles. The number of amides is 1. The van der Waals surface area contributed by atoms with Crippen molar-refractivity contribution in [1.29, 1.82) is 0 Å². The molecular weight excluding hydrogens is 361 g/mol. The van der Waals surface area contributed by atoms with Crippen LogP contribution in [0.3, 0.4) is 0 Å². The highest BCUT2D eigenvalue weighted by Gasteiger charge is 2.28. The first-order valence-corrected chi connectivity index (χ1v) is 9.84. The number of carbonyl (C=O) groups excluding carboxylic acids is 2. The van der Waals surface area contributed by atoms with Gasteiger partial charge >= 0.3 is 5.97 Å². The number of hydrogen-bond acceptors (Lipinski definition) is 4. The lowest BCUT2D eigenvalue weighted by atomic mass is 10.0. The summed E-state index contributed by atoms with van der Waals surface area (Å²) in [7, 11) is 0. The molecule has 1 saturated heterocycles. The third-order valence-corrected chi connectivity index (χ3v) is 5.01. The molecule has 1 amide bonds. The molecule has 2 heterocycles. The maximum atomic E-state index is 13.9. The second-order valence-corrected chi connectivity index (χ2v) is 6.94. The van der Waals surface area contributed by atoms with E-state index in [9.17, 15) is 14.0 Å². The zero-order chi connectivity index (χ0) is 20.1. The predicted octanol–water partition coefficient (Wildman–Crippen LogP) is 3.63. The number of esters is 1. The van der Waals surface area contributed by atoms with Crippen molar-refractivity contribution < 1.29 is 18.7 Å². The van der Waals surface area contributed by atoms with Gasteiger partial charge in [-0.15, -0.1) is 0 Å². The summed E-state index contributed by atoms with van der Waals surface area (Å²) < 4.78 is 20.9. The van der Waals surface area contributed by atoms with Crippen molar-refractivity contribution >= 4 is 11.9 Å². The van der Waals surface area contributed by atoms with Gasteiger partial charge in [-0.3, -0.25) is 9.48 Å². The van der Waals surface area contributed by atoms with Crippen molar-refractivity contribution in [3.63, 3.8) is 0 Å². The van der Waals surface area contributed by atoms with Gasteiger partial charge in [0.25, 0.3) is 5.91 Å². The van der Waals surface area contributed by atoms with Crippen LogP contribution in [0.2, 0.25) is 0 Å². The lowest BCUT2D eigenvalue weighted by Gasteiger charge is -2.33. The van der Waals surface area contributed by atoms with Crippen LogP contribution in [0.15, 0.2) is 30.3 Å².